The lowest BCUT2D eigenvalue weighted by molar-refractivity contribution is 0.297. The van der Waals surface area contributed by atoms with Crippen LogP contribution in [0, 0.1) is 6.92 Å². The first kappa shape index (κ1) is 15.3. The van der Waals surface area contributed by atoms with Crippen molar-refractivity contribution in [3.05, 3.63) is 41.2 Å². The summed E-state index contributed by atoms with van der Waals surface area (Å²) in [6.07, 6.45) is 1.30. The Kier molecular flexibility index (Phi) is 5.11. The molecule has 0 radical (unpaired) electrons. The molecule has 0 unspecified atom stereocenters. The summed E-state index contributed by atoms with van der Waals surface area (Å²) in [5.74, 6) is 2.78. The summed E-state index contributed by atoms with van der Waals surface area (Å²) in [4.78, 5) is 8.89. The molecule has 5 heteroatoms. The first-order chi connectivity index (χ1) is 10.2. The van der Waals surface area contributed by atoms with Crippen LogP contribution in [0.4, 0.5) is 5.82 Å². The molecular weight excluding hydrogens is 266 g/mol. The van der Waals surface area contributed by atoms with Gasteiger partial charge in [0.25, 0.3) is 0 Å². The van der Waals surface area contributed by atoms with E-state index < -0.39 is 0 Å². The van der Waals surface area contributed by atoms with Crippen molar-refractivity contribution in [2.75, 3.05) is 19.0 Å². The van der Waals surface area contributed by atoms with Gasteiger partial charge in [-0.3, -0.25) is 0 Å². The highest BCUT2D eigenvalue weighted by molar-refractivity contribution is 5.49. The molecular formula is C16H21N3O2. The van der Waals surface area contributed by atoms with Gasteiger partial charge in [-0.2, -0.15) is 4.98 Å². The normalized spacial score (nSPS) is 10.5. The predicted molar refractivity (Wildman–Crippen MR) is 83.0 cm³/mol. The summed E-state index contributed by atoms with van der Waals surface area (Å²) in [5, 5.41) is 12.2. The largest absolute Gasteiger partial charge is 0.438 e. The monoisotopic (exact) mass is 287 g/mol. The topological polar surface area (TPSA) is 67.3 Å². The highest BCUT2D eigenvalue weighted by Gasteiger charge is 2.13. The van der Waals surface area contributed by atoms with Crippen LogP contribution in [0.1, 0.15) is 23.9 Å². The minimum Gasteiger partial charge on any atom is -0.438 e. The molecule has 112 valence electrons. The second kappa shape index (κ2) is 7.04. The van der Waals surface area contributed by atoms with E-state index in [2.05, 4.69) is 15.3 Å². The van der Waals surface area contributed by atoms with E-state index >= 15 is 0 Å². The molecule has 0 spiro atoms. The van der Waals surface area contributed by atoms with E-state index in [4.69, 9.17) is 9.84 Å². The van der Waals surface area contributed by atoms with Gasteiger partial charge in [-0.1, -0.05) is 25.1 Å². The molecule has 1 aromatic carbocycles. The summed E-state index contributed by atoms with van der Waals surface area (Å²) < 4.78 is 5.98. The zero-order chi connectivity index (χ0) is 15.2. The van der Waals surface area contributed by atoms with E-state index in [1.165, 1.54) is 0 Å². The van der Waals surface area contributed by atoms with Crippen LogP contribution in [-0.4, -0.2) is 28.7 Å². The minimum atomic E-state index is 0.0884. The number of aliphatic hydroxyl groups is 1. The second-order valence-corrected chi connectivity index (χ2v) is 4.71. The quantitative estimate of drug-likeness (QED) is 0.855. The zero-order valence-corrected chi connectivity index (χ0v) is 12.7. The van der Waals surface area contributed by atoms with Crippen molar-refractivity contribution in [1.29, 1.82) is 0 Å². The molecule has 0 amide bonds. The third-order valence-electron chi connectivity index (χ3n) is 3.26. The molecule has 0 atom stereocenters. The summed E-state index contributed by atoms with van der Waals surface area (Å²) >= 11 is 0. The van der Waals surface area contributed by atoms with Gasteiger partial charge in [-0.25, -0.2) is 4.98 Å². The first-order valence-corrected chi connectivity index (χ1v) is 7.11. The number of anilines is 1. The fourth-order valence-electron chi connectivity index (χ4n) is 2.08. The van der Waals surface area contributed by atoms with Gasteiger partial charge in [-0.05, 0) is 25.0 Å². The molecule has 0 aliphatic carbocycles. The average Bonchev–Trinajstić information content (AvgIpc) is 2.51. The summed E-state index contributed by atoms with van der Waals surface area (Å²) in [7, 11) is 1.83. The maximum Gasteiger partial charge on any atom is 0.227 e. The number of rotatable bonds is 6. The average molecular weight is 287 g/mol. The van der Waals surface area contributed by atoms with E-state index in [1.807, 2.05) is 45.2 Å². The van der Waals surface area contributed by atoms with Gasteiger partial charge < -0.3 is 15.2 Å². The highest BCUT2D eigenvalue weighted by Crippen LogP contribution is 2.29. The smallest absolute Gasteiger partial charge is 0.227 e. The predicted octanol–water partition coefficient (Wildman–Crippen LogP) is 2.72. The second-order valence-electron chi connectivity index (χ2n) is 4.71. The van der Waals surface area contributed by atoms with Crippen molar-refractivity contribution in [3.63, 3.8) is 0 Å². The lowest BCUT2D eigenvalue weighted by Gasteiger charge is -2.14. The highest BCUT2D eigenvalue weighted by atomic mass is 16.5. The Hall–Kier alpha value is -2.14. The maximum absolute atomic E-state index is 9.14. The molecule has 21 heavy (non-hydrogen) atoms. The van der Waals surface area contributed by atoms with Crippen LogP contribution >= 0.6 is 0 Å². The fourth-order valence-corrected chi connectivity index (χ4v) is 2.08. The molecule has 2 N–H and O–H groups in total. The van der Waals surface area contributed by atoms with E-state index in [0.717, 1.165) is 34.9 Å². The summed E-state index contributed by atoms with van der Waals surface area (Å²) in [6.45, 7) is 4.02. The van der Waals surface area contributed by atoms with Gasteiger partial charge in [-0.15, -0.1) is 0 Å². The standard InChI is InChI=1S/C16H21N3O2/c1-4-14-18-15(17-3)11(2)16(19-14)21-13-8-6-5-7-12(13)9-10-20/h5-8,20H,4,9-10H2,1-3H3,(H,17,18,19). The van der Waals surface area contributed by atoms with Gasteiger partial charge in [0, 0.05) is 20.1 Å². The van der Waals surface area contributed by atoms with Crippen molar-refractivity contribution >= 4 is 5.82 Å². The molecule has 0 aliphatic rings. The van der Waals surface area contributed by atoms with E-state index in [1.54, 1.807) is 0 Å². The van der Waals surface area contributed by atoms with Crippen LogP contribution in [0.5, 0.6) is 11.6 Å². The molecule has 0 saturated heterocycles. The van der Waals surface area contributed by atoms with Crippen LogP contribution in [0.15, 0.2) is 24.3 Å². The van der Waals surface area contributed by atoms with Crippen molar-refractivity contribution < 1.29 is 9.84 Å². The van der Waals surface area contributed by atoms with E-state index in [0.29, 0.717) is 12.3 Å². The van der Waals surface area contributed by atoms with Gasteiger partial charge in [0.1, 0.15) is 17.4 Å². The maximum atomic E-state index is 9.14. The summed E-state index contributed by atoms with van der Waals surface area (Å²) in [5.41, 5.74) is 1.83. The molecule has 5 nitrogen and oxygen atoms in total. The zero-order valence-electron chi connectivity index (χ0n) is 12.7. The Bertz CT molecular complexity index is 614. The first-order valence-electron chi connectivity index (χ1n) is 7.11. The Morgan fingerprint density at radius 2 is 2.00 bits per heavy atom. The van der Waals surface area contributed by atoms with Gasteiger partial charge in [0.2, 0.25) is 5.88 Å². The Labute approximate surface area is 125 Å². The number of benzene rings is 1. The molecule has 0 saturated carbocycles. The van der Waals surface area contributed by atoms with Crippen molar-refractivity contribution in [2.24, 2.45) is 0 Å². The lowest BCUT2D eigenvalue weighted by atomic mass is 10.1. The Morgan fingerprint density at radius 1 is 1.24 bits per heavy atom. The van der Waals surface area contributed by atoms with Gasteiger partial charge in [0.15, 0.2) is 0 Å². The molecule has 2 aromatic rings. The number of aryl methyl sites for hydroxylation is 1. The molecule has 0 fully saturated rings. The molecule has 0 aliphatic heterocycles. The summed E-state index contributed by atoms with van der Waals surface area (Å²) in [6, 6.07) is 7.67. The molecule has 1 aromatic heterocycles. The van der Waals surface area contributed by atoms with Crippen LogP contribution in [0.3, 0.4) is 0 Å². The number of aromatic nitrogens is 2. The van der Waals surface area contributed by atoms with Crippen LogP contribution in [0.25, 0.3) is 0 Å². The number of ether oxygens (including phenoxy) is 1. The number of nitrogens with zero attached hydrogens (tertiary/aromatic N) is 2. The third-order valence-corrected chi connectivity index (χ3v) is 3.26. The third kappa shape index (κ3) is 3.49. The molecule has 2 rings (SSSR count). The van der Waals surface area contributed by atoms with Gasteiger partial charge >= 0.3 is 0 Å². The van der Waals surface area contributed by atoms with Crippen molar-refractivity contribution in [2.45, 2.75) is 26.7 Å². The van der Waals surface area contributed by atoms with E-state index in [-0.39, 0.29) is 6.61 Å². The van der Waals surface area contributed by atoms with E-state index in [9.17, 15) is 0 Å². The van der Waals surface area contributed by atoms with Crippen molar-refractivity contribution in [3.8, 4) is 11.6 Å². The van der Waals surface area contributed by atoms with Gasteiger partial charge in [0.05, 0.1) is 5.56 Å². The minimum absolute atomic E-state index is 0.0884. The van der Waals surface area contributed by atoms with Crippen molar-refractivity contribution in [1.82, 2.24) is 9.97 Å². The number of aliphatic hydroxyl groups excluding tert-OH is 1. The molecule has 1 heterocycles. The number of nitrogens with one attached hydrogen (secondary N) is 1. The SMILES string of the molecule is CCc1nc(NC)c(C)c(Oc2ccccc2CCO)n1. The van der Waals surface area contributed by atoms with Crippen LogP contribution in [0.2, 0.25) is 0 Å². The fraction of sp³-hybridized carbons (Fsp3) is 0.375. The Morgan fingerprint density at radius 3 is 2.67 bits per heavy atom. The molecule has 0 bridgehead atoms. The number of hydrogen-bond donors (Lipinski definition) is 2. The Balaban J connectivity index is 2.39. The van der Waals surface area contributed by atoms with Crippen LogP contribution in [-0.2, 0) is 12.8 Å². The lowest BCUT2D eigenvalue weighted by Crippen LogP contribution is -2.05. The number of hydrogen-bond acceptors (Lipinski definition) is 5. The number of para-hydroxylation sites is 1. The van der Waals surface area contributed by atoms with Crippen LogP contribution < -0.4 is 10.1 Å².